The molecule has 0 saturated carbocycles. The molecule has 4 rings (SSSR count). The van der Waals surface area contributed by atoms with Crippen LogP contribution in [0.5, 0.6) is 5.75 Å². The van der Waals surface area contributed by atoms with Crippen LogP contribution in [0.3, 0.4) is 0 Å². The summed E-state index contributed by atoms with van der Waals surface area (Å²) in [6.07, 6.45) is 1.64. The number of aromatic amines is 2. The van der Waals surface area contributed by atoms with Crippen molar-refractivity contribution in [1.82, 2.24) is 14.9 Å². The van der Waals surface area contributed by atoms with Gasteiger partial charge in [-0.15, -0.1) is 0 Å². The first-order valence-corrected chi connectivity index (χ1v) is 7.79. The van der Waals surface area contributed by atoms with Gasteiger partial charge in [-0.25, -0.2) is 0 Å². The number of nitrogens with one attached hydrogen (secondary N) is 2. The number of benzene rings is 1. The highest BCUT2D eigenvalue weighted by molar-refractivity contribution is 7.71. The third-order valence-electron chi connectivity index (χ3n) is 4.89. The molecule has 0 amide bonds. The molecule has 0 saturated heterocycles. The lowest BCUT2D eigenvalue weighted by Crippen LogP contribution is -2.52. The third-order valence-corrected chi connectivity index (χ3v) is 5.09. The van der Waals surface area contributed by atoms with Crippen LogP contribution < -0.4 is 10.3 Å². The quantitative estimate of drug-likeness (QED) is 0.731. The van der Waals surface area contributed by atoms with Gasteiger partial charge in [0, 0.05) is 30.6 Å². The van der Waals surface area contributed by atoms with E-state index in [9.17, 15) is 4.79 Å². The fraction of sp³-hybridized carbons (Fsp3) is 0.375. The Balaban J connectivity index is 1.91. The number of rotatable bonds is 0. The molecule has 1 atom stereocenters. The number of para-hydroxylation sites is 1. The number of hydrogen-bond donors (Lipinski definition) is 2. The average molecular weight is 315 g/mol. The molecule has 6 heteroatoms. The van der Waals surface area contributed by atoms with Crippen LogP contribution in [0.25, 0.3) is 0 Å². The molecule has 22 heavy (non-hydrogen) atoms. The van der Waals surface area contributed by atoms with Crippen molar-refractivity contribution in [2.24, 2.45) is 0 Å². The maximum atomic E-state index is 12.2. The predicted molar refractivity (Wildman–Crippen MR) is 85.7 cm³/mol. The lowest BCUT2D eigenvalue weighted by molar-refractivity contribution is 0.0456. The van der Waals surface area contributed by atoms with Crippen molar-refractivity contribution in [3.8, 4) is 5.75 Å². The van der Waals surface area contributed by atoms with Crippen LogP contribution in [-0.4, -0.2) is 28.5 Å². The zero-order valence-corrected chi connectivity index (χ0v) is 13.1. The van der Waals surface area contributed by atoms with E-state index in [-0.39, 0.29) is 11.1 Å². The minimum Gasteiger partial charge on any atom is -0.493 e. The van der Waals surface area contributed by atoms with Crippen LogP contribution in [0.4, 0.5) is 0 Å². The Hall–Kier alpha value is -1.92. The second-order valence-corrected chi connectivity index (χ2v) is 6.43. The molecule has 2 aliphatic heterocycles. The van der Waals surface area contributed by atoms with Gasteiger partial charge in [-0.3, -0.25) is 14.7 Å². The third kappa shape index (κ3) is 1.87. The highest BCUT2D eigenvalue weighted by Gasteiger charge is 2.45. The lowest BCUT2D eigenvalue weighted by atomic mass is 9.76. The molecule has 1 spiro atoms. The number of aromatic nitrogens is 2. The van der Waals surface area contributed by atoms with Crippen molar-refractivity contribution in [3.63, 3.8) is 0 Å². The number of nitrogens with zero attached hydrogens (tertiary/aromatic N) is 1. The number of ether oxygens (including phenoxy) is 1. The Morgan fingerprint density at radius 2 is 2.14 bits per heavy atom. The first-order valence-electron chi connectivity index (χ1n) is 7.38. The minimum absolute atomic E-state index is 0.0826. The Bertz CT molecular complexity index is 857. The summed E-state index contributed by atoms with van der Waals surface area (Å²) in [5.74, 6) is 0.937. The molecule has 0 fully saturated rings. The molecule has 1 aromatic heterocycles. The zero-order chi connectivity index (χ0) is 15.3. The van der Waals surface area contributed by atoms with Crippen LogP contribution in [0.1, 0.15) is 23.2 Å². The molecule has 5 nitrogen and oxygen atoms in total. The van der Waals surface area contributed by atoms with Gasteiger partial charge in [-0.05, 0) is 25.3 Å². The summed E-state index contributed by atoms with van der Waals surface area (Å²) in [4.78, 5) is 20.3. The molecule has 0 bridgehead atoms. The Morgan fingerprint density at radius 1 is 1.32 bits per heavy atom. The molecule has 2 aromatic rings. The minimum atomic E-state index is -0.145. The van der Waals surface area contributed by atoms with E-state index in [4.69, 9.17) is 17.0 Å². The number of hydrogen-bond acceptors (Lipinski definition) is 4. The zero-order valence-electron chi connectivity index (χ0n) is 12.3. The second kappa shape index (κ2) is 4.79. The maximum absolute atomic E-state index is 12.2. The summed E-state index contributed by atoms with van der Waals surface area (Å²) < 4.78 is 6.20. The maximum Gasteiger partial charge on any atom is 0.256 e. The molecule has 114 valence electrons. The van der Waals surface area contributed by atoms with Gasteiger partial charge in [-0.1, -0.05) is 18.2 Å². The number of H-pyrrole nitrogens is 2. The van der Waals surface area contributed by atoms with E-state index >= 15 is 0 Å². The van der Waals surface area contributed by atoms with Gasteiger partial charge in [0.05, 0.1) is 17.7 Å². The van der Waals surface area contributed by atoms with E-state index in [1.54, 1.807) is 0 Å². The first kappa shape index (κ1) is 13.7. The predicted octanol–water partition coefficient (Wildman–Crippen LogP) is 2.10. The van der Waals surface area contributed by atoms with Crippen molar-refractivity contribution in [2.45, 2.75) is 24.9 Å². The summed E-state index contributed by atoms with van der Waals surface area (Å²) in [5.41, 5.74) is 2.69. The number of likely N-dealkylation sites (N-methyl/N-ethyl adjacent to an activating group) is 1. The summed E-state index contributed by atoms with van der Waals surface area (Å²) in [5, 5.41) is 0. The van der Waals surface area contributed by atoms with Gasteiger partial charge in [-0.2, -0.15) is 0 Å². The van der Waals surface area contributed by atoms with Gasteiger partial charge >= 0.3 is 0 Å². The molecule has 1 aromatic carbocycles. The monoisotopic (exact) mass is 315 g/mol. The van der Waals surface area contributed by atoms with E-state index in [2.05, 4.69) is 28.0 Å². The van der Waals surface area contributed by atoms with E-state index in [1.165, 1.54) is 5.56 Å². The van der Waals surface area contributed by atoms with Crippen LogP contribution in [0.2, 0.25) is 0 Å². The topological polar surface area (TPSA) is 61.1 Å². The molecule has 2 N–H and O–H groups in total. The van der Waals surface area contributed by atoms with Crippen molar-refractivity contribution in [3.05, 3.63) is 56.2 Å². The van der Waals surface area contributed by atoms with Crippen LogP contribution in [0.15, 0.2) is 29.1 Å². The van der Waals surface area contributed by atoms with Crippen molar-refractivity contribution >= 4 is 12.2 Å². The average Bonchev–Trinajstić information content (AvgIpc) is 2.50. The van der Waals surface area contributed by atoms with Gasteiger partial charge in [0.1, 0.15) is 5.75 Å². The van der Waals surface area contributed by atoms with Crippen LogP contribution >= 0.6 is 12.2 Å². The Kier molecular flexibility index (Phi) is 2.99. The van der Waals surface area contributed by atoms with Gasteiger partial charge < -0.3 is 9.72 Å². The highest BCUT2D eigenvalue weighted by Crippen LogP contribution is 2.45. The molecule has 3 heterocycles. The van der Waals surface area contributed by atoms with Crippen molar-refractivity contribution in [2.75, 3.05) is 13.7 Å². The van der Waals surface area contributed by atoms with Crippen molar-refractivity contribution < 1.29 is 4.74 Å². The van der Waals surface area contributed by atoms with Crippen molar-refractivity contribution in [1.29, 1.82) is 0 Å². The Labute approximate surface area is 132 Å². The van der Waals surface area contributed by atoms with Gasteiger partial charge in [0.25, 0.3) is 5.56 Å². The fourth-order valence-corrected chi connectivity index (χ4v) is 3.93. The summed E-state index contributed by atoms with van der Waals surface area (Å²) in [6, 6.07) is 8.17. The highest BCUT2D eigenvalue weighted by atomic mass is 32.1. The van der Waals surface area contributed by atoms with E-state index in [0.29, 0.717) is 17.9 Å². The molecule has 0 radical (unpaired) electrons. The van der Waals surface area contributed by atoms with Crippen LogP contribution in [0, 0.1) is 4.77 Å². The Morgan fingerprint density at radius 3 is 3.00 bits per heavy atom. The molecule has 0 aliphatic carbocycles. The summed E-state index contributed by atoms with van der Waals surface area (Å²) in [7, 11) is 2.08. The first-order chi connectivity index (χ1) is 10.6. The lowest BCUT2D eigenvalue weighted by Gasteiger charge is -2.48. The SMILES string of the molecule is CN1Cc2c([nH]c(=S)[nH]c2=O)CC12CCOc1ccccc12. The summed E-state index contributed by atoms with van der Waals surface area (Å²) >= 11 is 5.13. The molecular formula is C16H17N3O2S. The van der Waals surface area contributed by atoms with Gasteiger partial charge in [0.2, 0.25) is 0 Å². The molecule has 1 unspecified atom stereocenters. The fourth-order valence-electron chi connectivity index (χ4n) is 3.71. The van der Waals surface area contributed by atoms with E-state index in [0.717, 1.165) is 29.8 Å². The number of fused-ring (bicyclic) bond motifs is 3. The van der Waals surface area contributed by atoms with Gasteiger partial charge in [0.15, 0.2) is 4.77 Å². The largest absolute Gasteiger partial charge is 0.493 e. The van der Waals surface area contributed by atoms with Crippen LogP contribution in [-0.2, 0) is 18.5 Å². The smallest absolute Gasteiger partial charge is 0.256 e. The standard InChI is InChI=1S/C16H17N3O2S/c1-19-9-10-12(17-15(22)18-14(10)20)8-16(19)6-7-21-13-5-3-2-4-11(13)16/h2-5H,6-9H2,1H3,(H2,17,18,20,22). The normalized spacial score (nSPS) is 23.7. The second-order valence-electron chi connectivity index (χ2n) is 6.02. The molecule has 2 aliphatic rings. The van der Waals surface area contributed by atoms with E-state index in [1.807, 2.05) is 18.2 Å². The van der Waals surface area contributed by atoms with E-state index < -0.39 is 0 Å². The molecular weight excluding hydrogens is 298 g/mol. The summed E-state index contributed by atoms with van der Waals surface area (Å²) in [6.45, 7) is 1.28.